The van der Waals surface area contributed by atoms with E-state index in [0.29, 0.717) is 36.1 Å². The maximum atomic E-state index is 12.7. The van der Waals surface area contributed by atoms with Gasteiger partial charge < -0.3 is 19.2 Å². The zero-order valence-corrected chi connectivity index (χ0v) is 20.4. The van der Waals surface area contributed by atoms with Crippen molar-refractivity contribution in [2.24, 2.45) is 5.92 Å². The number of aromatic nitrogens is 3. The first kappa shape index (κ1) is 24.2. The summed E-state index contributed by atoms with van der Waals surface area (Å²) in [6, 6.07) is 13.0. The highest BCUT2D eigenvalue weighted by Crippen LogP contribution is 2.35. The van der Waals surface area contributed by atoms with E-state index >= 15 is 0 Å². The second kappa shape index (κ2) is 11.0. The number of carbonyl (C=O) groups excluding carboxylic acids is 1. The van der Waals surface area contributed by atoms with Crippen molar-refractivity contribution >= 4 is 17.0 Å². The molecule has 0 aliphatic carbocycles. The second-order valence-electron chi connectivity index (χ2n) is 8.71. The number of nitrogens with zero attached hydrogens (tertiary/aromatic N) is 3. The maximum absolute atomic E-state index is 12.7. The monoisotopic (exact) mass is 474 g/mol. The molecule has 1 N–H and O–H groups in total. The highest BCUT2D eigenvalue weighted by molar-refractivity contribution is 5.89. The van der Waals surface area contributed by atoms with Crippen LogP contribution in [0.3, 0.4) is 0 Å². The number of alkyl carbamates (subject to hydrolysis) is 1. The molecule has 35 heavy (non-hydrogen) atoms. The van der Waals surface area contributed by atoms with E-state index in [2.05, 4.69) is 24.1 Å². The summed E-state index contributed by atoms with van der Waals surface area (Å²) in [5, 5.41) is 3.87. The SMILES string of the molecule is CCc1nc(C(CC(C)C)NC(=O)OCc2ccccc2)nc2cc(OC)c(-c3cnco3)cc12. The predicted molar refractivity (Wildman–Crippen MR) is 133 cm³/mol. The van der Waals surface area contributed by atoms with Crippen LogP contribution in [0.4, 0.5) is 4.79 Å². The summed E-state index contributed by atoms with van der Waals surface area (Å²) in [5.74, 6) is 2.09. The van der Waals surface area contributed by atoms with Gasteiger partial charge in [-0.3, -0.25) is 0 Å². The predicted octanol–water partition coefficient (Wildman–Crippen LogP) is 5.87. The third-order valence-corrected chi connectivity index (χ3v) is 5.67. The Morgan fingerprint density at radius 3 is 2.60 bits per heavy atom. The van der Waals surface area contributed by atoms with Gasteiger partial charge in [-0.1, -0.05) is 51.1 Å². The van der Waals surface area contributed by atoms with E-state index in [1.54, 1.807) is 13.3 Å². The summed E-state index contributed by atoms with van der Waals surface area (Å²) in [5.41, 5.74) is 3.32. The molecule has 8 nitrogen and oxygen atoms in total. The Morgan fingerprint density at radius 1 is 1.14 bits per heavy atom. The van der Waals surface area contributed by atoms with Crippen molar-refractivity contribution < 1.29 is 18.7 Å². The van der Waals surface area contributed by atoms with Gasteiger partial charge in [-0.05, 0) is 30.4 Å². The standard InChI is InChI=1S/C27H30N4O4/c1-5-21-19-12-20(25-14-28-16-35-25)24(33-4)13-22(19)30-26(29-21)23(11-17(2)3)31-27(32)34-15-18-9-7-6-8-10-18/h6-10,12-14,16-17,23H,5,11,15H2,1-4H3,(H,31,32). The zero-order chi connectivity index (χ0) is 24.8. The summed E-state index contributed by atoms with van der Waals surface area (Å²) < 4.78 is 16.6. The van der Waals surface area contributed by atoms with E-state index < -0.39 is 12.1 Å². The molecule has 0 spiro atoms. The van der Waals surface area contributed by atoms with Crippen molar-refractivity contribution in [3.8, 4) is 17.1 Å². The molecule has 1 atom stereocenters. The number of carbonyl (C=O) groups is 1. The van der Waals surface area contributed by atoms with Gasteiger partial charge in [-0.15, -0.1) is 0 Å². The second-order valence-corrected chi connectivity index (χ2v) is 8.71. The third-order valence-electron chi connectivity index (χ3n) is 5.67. The van der Waals surface area contributed by atoms with Gasteiger partial charge >= 0.3 is 6.09 Å². The number of aryl methyl sites for hydroxylation is 1. The Labute approximate surface area is 204 Å². The van der Waals surface area contributed by atoms with Crippen molar-refractivity contribution in [3.05, 3.63) is 72.1 Å². The summed E-state index contributed by atoms with van der Waals surface area (Å²) >= 11 is 0. The number of benzene rings is 2. The van der Waals surface area contributed by atoms with Crippen LogP contribution in [-0.4, -0.2) is 28.2 Å². The molecule has 0 bridgehead atoms. The van der Waals surface area contributed by atoms with E-state index in [-0.39, 0.29) is 6.61 Å². The fourth-order valence-corrected chi connectivity index (χ4v) is 3.98. The minimum absolute atomic E-state index is 0.196. The van der Waals surface area contributed by atoms with E-state index in [4.69, 9.17) is 23.9 Å². The Hall–Kier alpha value is -3.94. The average Bonchev–Trinajstić information content (AvgIpc) is 3.41. The molecule has 4 aromatic rings. The number of amides is 1. The maximum Gasteiger partial charge on any atom is 0.408 e. The van der Waals surface area contributed by atoms with Crippen molar-refractivity contribution in [2.45, 2.75) is 46.3 Å². The molecule has 182 valence electrons. The zero-order valence-electron chi connectivity index (χ0n) is 20.4. The number of nitrogens with one attached hydrogen (secondary N) is 1. The Morgan fingerprint density at radius 2 is 1.94 bits per heavy atom. The van der Waals surface area contributed by atoms with Crippen LogP contribution in [0.1, 0.15) is 50.3 Å². The quantitative estimate of drug-likeness (QED) is 0.324. The van der Waals surface area contributed by atoms with Crippen LogP contribution < -0.4 is 10.1 Å². The highest BCUT2D eigenvalue weighted by atomic mass is 16.5. The molecule has 1 amide bonds. The molecule has 0 saturated heterocycles. The molecular formula is C27H30N4O4. The molecule has 4 rings (SSSR count). The summed E-state index contributed by atoms with van der Waals surface area (Å²) in [6.07, 6.45) is 3.90. The first-order chi connectivity index (χ1) is 17.0. The van der Waals surface area contributed by atoms with Gasteiger partial charge in [0.1, 0.15) is 12.4 Å². The van der Waals surface area contributed by atoms with E-state index in [9.17, 15) is 4.79 Å². The molecule has 1 unspecified atom stereocenters. The van der Waals surface area contributed by atoms with E-state index in [1.807, 2.05) is 49.4 Å². The van der Waals surface area contributed by atoms with Crippen LogP contribution in [-0.2, 0) is 17.8 Å². The van der Waals surface area contributed by atoms with Gasteiger partial charge in [0.15, 0.2) is 18.0 Å². The van der Waals surface area contributed by atoms with E-state index in [0.717, 1.165) is 27.7 Å². The van der Waals surface area contributed by atoms with Crippen LogP contribution in [0.25, 0.3) is 22.2 Å². The van der Waals surface area contributed by atoms with Gasteiger partial charge in [-0.2, -0.15) is 0 Å². The fourth-order valence-electron chi connectivity index (χ4n) is 3.98. The van der Waals surface area contributed by atoms with Gasteiger partial charge in [0.05, 0.1) is 36.1 Å². The molecule has 2 aromatic carbocycles. The lowest BCUT2D eigenvalue weighted by molar-refractivity contribution is 0.133. The van der Waals surface area contributed by atoms with Crippen LogP contribution in [0.2, 0.25) is 0 Å². The Bertz CT molecular complexity index is 1270. The lowest BCUT2D eigenvalue weighted by atomic mass is 10.0. The topological polar surface area (TPSA) is 99.4 Å². The van der Waals surface area contributed by atoms with Crippen molar-refractivity contribution in [1.82, 2.24) is 20.3 Å². The molecule has 8 heteroatoms. The molecule has 0 aliphatic rings. The molecule has 0 fully saturated rings. The first-order valence-corrected chi connectivity index (χ1v) is 11.7. The summed E-state index contributed by atoms with van der Waals surface area (Å²) in [4.78, 5) is 26.4. The molecule has 0 saturated carbocycles. The Balaban J connectivity index is 1.66. The highest BCUT2D eigenvalue weighted by Gasteiger charge is 2.23. The smallest absolute Gasteiger partial charge is 0.408 e. The van der Waals surface area contributed by atoms with Crippen LogP contribution in [0.15, 0.2) is 59.5 Å². The fraction of sp³-hybridized carbons (Fsp3) is 0.333. The van der Waals surface area contributed by atoms with Crippen molar-refractivity contribution in [1.29, 1.82) is 0 Å². The molecule has 0 radical (unpaired) electrons. The number of rotatable bonds is 9. The largest absolute Gasteiger partial charge is 0.496 e. The van der Waals surface area contributed by atoms with Crippen LogP contribution in [0, 0.1) is 5.92 Å². The van der Waals surface area contributed by atoms with E-state index in [1.165, 1.54) is 6.39 Å². The minimum atomic E-state index is -0.500. The number of oxazole rings is 1. The molecule has 2 heterocycles. The summed E-state index contributed by atoms with van der Waals surface area (Å²) in [7, 11) is 1.61. The average molecular weight is 475 g/mol. The third kappa shape index (κ3) is 5.77. The molecular weight excluding hydrogens is 444 g/mol. The van der Waals surface area contributed by atoms with Gasteiger partial charge in [-0.25, -0.2) is 19.7 Å². The van der Waals surface area contributed by atoms with Crippen LogP contribution in [0.5, 0.6) is 5.75 Å². The van der Waals surface area contributed by atoms with Gasteiger partial charge in [0.2, 0.25) is 0 Å². The van der Waals surface area contributed by atoms with Gasteiger partial charge in [0, 0.05) is 11.5 Å². The number of hydrogen-bond acceptors (Lipinski definition) is 7. The molecule has 0 aliphatic heterocycles. The van der Waals surface area contributed by atoms with Crippen molar-refractivity contribution in [2.75, 3.05) is 7.11 Å². The van der Waals surface area contributed by atoms with Crippen LogP contribution >= 0.6 is 0 Å². The van der Waals surface area contributed by atoms with Gasteiger partial charge in [0.25, 0.3) is 0 Å². The first-order valence-electron chi connectivity index (χ1n) is 11.7. The number of fused-ring (bicyclic) bond motifs is 1. The van der Waals surface area contributed by atoms with Crippen molar-refractivity contribution in [3.63, 3.8) is 0 Å². The lowest BCUT2D eigenvalue weighted by Gasteiger charge is -2.21. The number of ether oxygens (including phenoxy) is 2. The molecule has 2 aromatic heterocycles. The normalized spacial score (nSPS) is 12.0. The minimum Gasteiger partial charge on any atom is -0.496 e. The lowest BCUT2D eigenvalue weighted by Crippen LogP contribution is -2.31. The number of methoxy groups -OCH3 is 1. The Kier molecular flexibility index (Phi) is 7.60. The number of hydrogen-bond donors (Lipinski definition) is 1. The summed E-state index contributed by atoms with van der Waals surface area (Å²) in [6.45, 7) is 6.43.